The van der Waals surface area contributed by atoms with Gasteiger partial charge in [-0.25, -0.2) is 9.37 Å². The largest absolute Gasteiger partial charge is 0.483 e. The second-order valence-corrected chi connectivity index (χ2v) is 8.06. The number of benzene rings is 1. The van der Waals surface area contributed by atoms with E-state index in [2.05, 4.69) is 19.4 Å². The van der Waals surface area contributed by atoms with E-state index in [4.69, 9.17) is 9.90 Å². The maximum Gasteiger partial charge on any atom is 0.290 e. The second kappa shape index (κ2) is 9.84. The topological polar surface area (TPSA) is 78.7 Å². The number of likely N-dealkylation sites (tertiary alicyclic amines) is 2. The van der Waals surface area contributed by atoms with Gasteiger partial charge in [0.25, 0.3) is 6.47 Å². The lowest BCUT2D eigenvalue weighted by Crippen LogP contribution is -2.45. The monoisotopic (exact) mass is 416 g/mol. The summed E-state index contributed by atoms with van der Waals surface area (Å²) in [5, 5.41) is 6.89. The van der Waals surface area contributed by atoms with E-state index in [0.29, 0.717) is 13.0 Å². The number of nitrogens with zero attached hydrogens (tertiary/aromatic N) is 4. The SMILES string of the molecule is Cn1cncc1CN1CCCC2(CCC(=O)N2Cc2ccc(F)cc2)CC1.O=CO. The molecule has 2 fully saturated rings. The summed E-state index contributed by atoms with van der Waals surface area (Å²) >= 11 is 0. The molecule has 30 heavy (non-hydrogen) atoms. The number of carbonyl (C=O) groups is 2. The van der Waals surface area contributed by atoms with E-state index in [1.807, 2.05) is 19.6 Å². The molecule has 0 bridgehead atoms. The Balaban J connectivity index is 0.000000806. The average Bonchev–Trinajstić information content (AvgIpc) is 3.18. The van der Waals surface area contributed by atoms with Crippen LogP contribution in [0.25, 0.3) is 0 Å². The normalized spacial score (nSPS) is 21.9. The number of carbonyl (C=O) groups excluding carboxylic acids is 1. The van der Waals surface area contributed by atoms with Crippen LogP contribution < -0.4 is 0 Å². The highest BCUT2D eigenvalue weighted by Crippen LogP contribution is 2.40. The smallest absolute Gasteiger partial charge is 0.290 e. The molecule has 0 radical (unpaired) electrons. The molecule has 162 valence electrons. The predicted molar refractivity (Wildman–Crippen MR) is 110 cm³/mol. The lowest BCUT2D eigenvalue weighted by atomic mass is 9.87. The number of aromatic nitrogens is 2. The molecular weight excluding hydrogens is 387 g/mol. The number of aryl methyl sites for hydroxylation is 1. The number of imidazole rings is 1. The Morgan fingerprint density at radius 2 is 1.90 bits per heavy atom. The van der Waals surface area contributed by atoms with Gasteiger partial charge in [0, 0.05) is 44.8 Å². The van der Waals surface area contributed by atoms with Crippen molar-refractivity contribution >= 4 is 12.4 Å². The van der Waals surface area contributed by atoms with Crippen molar-refractivity contribution in [1.29, 1.82) is 0 Å². The molecule has 1 atom stereocenters. The molecule has 1 spiro atoms. The predicted octanol–water partition coefficient (Wildman–Crippen LogP) is 2.81. The van der Waals surface area contributed by atoms with Gasteiger partial charge in [0.15, 0.2) is 0 Å². The summed E-state index contributed by atoms with van der Waals surface area (Å²) in [4.78, 5) is 29.8. The third-order valence-electron chi connectivity index (χ3n) is 6.24. The molecule has 1 unspecified atom stereocenters. The number of rotatable bonds is 4. The number of carboxylic acid groups (broad SMARTS) is 1. The summed E-state index contributed by atoms with van der Waals surface area (Å²) < 4.78 is 15.3. The van der Waals surface area contributed by atoms with Gasteiger partial charge in [-0.1, -0.05) is 12.1 Å². The number of amides is 1. The van der Waals surface area contributed by atoms with Gasteiger partial charge in [-0.3, -0.25) is 14.5 Å². The Labute approximate surface area is 176 Å². The fourth-order valence-corrected chi connectivity index (χ4v) is 4.58. The van der Waals surface area contributed by atoms with E-state index < -0.39 is 0 Å². The molecule has 2 aliphatic heterocycles. The van der Waals surface area contributed by atoms with Crippen LogP contribution in [0.5, 0.6) is 0 Å². The van der Waals surface area contributed by atoms with Crippen molar-refractivity contribution in [3.05, 3.63) is 53.9 Å². The van der Waals surface area contributed by atoms with Crippen LogP contribution >= 0.6 is 0 Å². The van der Waals surface area contributed by atoms with Gasteiger partial charge in [0.05, 0.1) is 12.0 Å². The van der Waals surface area contributed by atoms with Gasteiger partial charge < -0.3 is 14.6 Å². The summed E-state index contributed by atoms with van der Waals surface area (Å²) in [5.41, 5.74) is 2.17. The van der Waals surface area contributed by atoms with Crippen LogP contribution in [0.3, 0.4) is 0 Å². The van der Waals surface area contributed by atoms with E-state index >= 15 is 0 Å². The zero-order valence-electron chi connectivity index (χ0n) is 17.3. The van der Waals surface area contributed by atoms with Crippen LogP contribution in [0, 0.1) is 5.82 Å². The summed E-state index contributed by atoms with van der Waals surface area (Å²) in [6.45, 7) is 3.27. The first-order valence-electron chi connectivity index (χ1n) is 10.3. The Hall–Kier alpha value is -2.74. The molecular formula is C22H29FN4O3. The highest BCUT2D eigenvalue weighted by molar-refractivity contribution is 5.79. The van der Waals surface area contributed by atoms with Crippen LogP contribution in [-0.4, -0.2) is 55.5 Å². The van der Waals surface area contributed by atoms with Crippen LogP contribution in [0.4, 0.5) is 4.39 Å². The van der Waals surface area contributed by atoms with Gasteiger partial charge in [-0.05, 0) is 49.9 Å². The van der Waals surface area contributed by atoms with Gasteiger partial charge in [-0.2, -0.15) is 0 Å². The average molecular weight is 416 g/mol. The van der Waals surface area contributed by atoms with Crippen molar-refractivity contribution in [2.75, 3.05) is 13.1 Å². The van der Waals surface area contributed by atoms with Crippen molar-refractivity contribution in [1.82, 2.24) is 19.4 Å². The molecule has 0 saturated carbocycles. The van der Waals surface area contributed by atoms with Crippen molar-refractivity contribution in [3.63, 3.8) is 0 Å². The summed E-state index contributed by atoms with van der Waals surface area (Å²) in [6.07, 6.45) is 8.47. The molecule has 2 aliphatic rings. The van der Waals surface area contributed by atoms with Crippen LogP contribution in [0.15, 0.2) is 36.8 Å². The molecule has 1 aromatic heterocycles. The van der Waals surface area contributed by atoms with Gasteiger partial charge in [-0.15, -0.1) is 0 Å². The lowest BCUT2D eigenvalue weighted by molar-refractivity contribution is -0.132. The highest BCUT2D eigenvalue weighted by Gasteiger charge is 2.45. The van der Waals surface area contributed by atoms with Gasteiger partial charge in [0.2, 0.25) is 5.91 Å². The minimum absolute atomic E-state index is 0.0489. The molecule has 8 heteroatoms. The van der Waals surface area contributed by atoms with Crippen molar-refractivity contribution in [2.24, 2.45) is 7.05 Å². The van der Waals surface area contributed by atoms with E-state index in [1.165, 1.54) is 17.8 Å². The van der Waals surface area contributed by atoms with E-state index in [9.17, 15) is 9.18 Å². The summed E-state index contributed by atoms with van der Waals surface area (Å²) in [6, 6.07) is 6.54. The quantitative estimate of drug-likeness (QED) is 0.776. The Bertz CT molecular complexity index is 854. The third kappa shape index (κ3) is 5.05. The summed E-state index contributed by atoms with van der Waals surface area (Å²) in [7, 11) is 2.03. The summed E-state index contributed by atoms with van der Waals surface area (Å²) in [5.74, 6) is 0.000828. The molecule has 4 rings (SSSR count). The lowest BCUT2D eigenvalue weighted by Gasteiger charge is -2.38. The molecule has 3 heterocycles. The van der Waals surface area contributed by atoms with Crippen molar-refractivity contribution in [2.45, 2.75) is 50.7 Å². The number of hydrogen-bond donors (Lipinski definition) is 1. The number of hydrogen-bond acceptors (Lipinski definition) is 4. The maximum absolute atomic E-state index is 13.2. The molecule has 7 nitrogen and oxygen atoms in total. The molecule has 1 N–H and O–H groups in total. The fourth-order valence-electron chi connectivity index (χ4n) is 4.58. The number of halogens is 1. The first kappa shape index (κ1) is 22.0. The van der Waals surface area contributed by atoms with E-state index in [0.717, 1.165) is 50.9 Å². The zero-order chi connectivity index (χ0) is 21.6. The standard InChI is InChI=1S/C21H27FN4O.CH2O2/c1-24-16-23-13-19(24)15-25-11-2-8-21(10-12-25)9-7-20(27)26(21)14-17-3-5-18(22)6-4-17;2-1-3/h3-6,13,16H,2,7-12,14-15H2,1H3;1H,(H,2,3). The third-order valence-corrected chi connectivity index (χ3v) is 6.24. The van der Waals surface area contributed by atoms with Crippen molar-refractivity contribution in [3.8, 4) is 0 Å². The van der Waals surface area contributed by atoms with E-state index in [1.54, 1.807) is 12.1 Å². The molecule has 1 amide bonds. The zero-order valence-corrected chi connectivity index (χ0v) is 17.3. The molecule has 0 aliphatic carbocycles. The van der Waals surface area contributed by atoms with Crippen LogP contribution in [-0.2, 0) is 29.7 Å². The maximum atomic E-state index is 13.2. The fraction of sp³-hybridized carbons (Fsp3) is 0.500. The van der Waals surface area contributed by atoms with Crippen LogP contribution in [0.2, 0.25) is 0 Å². The second-order valence-electron chi connectivity index (χ2n) is 8.06. The van der Waals surface area contributed by atoms with Gasteiger partial charge >= 0.3 is 0 Å². The minimum Gasteiger partial charge on any atom is -0.483 e. The Morgan fingerprint density at radius 1 is 1.17 bits per heavy atom. The first-order chi connectivity index (χ1) is 14.5. The molecule has 1 aromatic carbocycles. The first-order valence-corrected chi connectivity index (χ1v) is 10.3. The highest BCUT2D eigenvalue weighted by atomic mass is 19.1. The minimum atomic E-state index is -0.250. The van der Waals surface area contributed by atoms with E-state index in [-0.39, 0.29) is 23.7 Å². The molecule has 2 aromatic rings. The van der Waals surface area contributed by atoms with Crippen LogP contribution in [0.1, 0.15) is 43.4 Å². The van der Waals surface area contributed by atoms with Crippen molar-refractivity contribution < 1.29 is 19.1 Å². The Morgan fingerprint density at radius 3 is 2.57 bits per heavy atom. The Kier molecular flexibility index (Phi) is 7.20. The molecule has 2 saturated heterocycles. The van der Waals surface area contributed by atoms with Gasteiger partial charge in [0.1, 0.15) is 5.82 Å².